The second-order valence-electron chi connectivity index (χ2n) is 6.22. The number of aliphatic carboxylic acids is 1. The molecule has 3 rings (SSSR count). The van der Waals surface area contributed by atoms with Gasteiger partial charge in [0.15, 0.2) is 0 Å². The fourth-order valence-electron chi connectivity index (χ4n) is 2.89. The van der Waals surface area contributed by atoms with Crippen molar-refractivity contribution in [2.45, 2.75) is 19.6 Å². The molecule has 0 atom stereocenters. The summed E-state index contributed by atoms with van der Waals surface area (Å²) in [5.74, 6) is -0.331. The van der Waals surface area contributed by atoms with Gasteiger partial charge < -0.3 is 20.7 Å². The van der Waals surface area contributed by atoms with Gasteiger partial charge in [0.05, 0.1) is 6.42 Å². The molecule has 152 valence electrons. The van der Waals surface area contributed by atoms with Crippen LogP contribution in [0.4, 0.5) is 0 Å². The summed E-state index contributed by atoms with van der Waals surface area (Å²) in [6.45, 7) is 0.769. The van der Waals surface area contributed by atoms with Gasteiger partial charge in [0.1, 0.15) is 12.4 Å². The number of rotatable bonds is 7. The van der Waals surface area contributed by atoms with Gasteiger partial charge in [-0.15, -0.1) is 0 Å². The van der Waals surface area contributed by atoms with E-state index in [2.05, 4.69) is 0 Å². The van der Waals surface area contributed by atoms with E-state index >= 15 is 0 Å². The van der Waals surface area contributed by atoms with Crippen LogP contribution >= 0.6 is 11.6 Å². The third-order valence-corrected chi connectivity index (χ3v) is 4.38. The molecule has 0 aromatic heterocycles. The van der Waals surface area contributed by atoms with Crippen LogP contribution in [0.1, 0.15) is 16.7 Å². The van der Waals surface area contributed by atoms with E-state index in [4.69, 9.17) is 32.3 Å². The molecule has 4 N–H and O–H groups in total. The van der Waals surface area contributed by atoms with Gasteiger partial charge in [0.25, 0.3) is 0 Å². The Morgan fingerprint density at radius 2 is 1.69 bits per heavy atom. The molecule has 0 unspecified atom stereocenters. The third kappa shape index (κ3) is 6.61. The molecule has 0 spiro atoms. The maximum atomic E-state index is 11.0. The van der Waals surface area contributed by atoms with Crippen molar-refractivity contribution in [3.63, 3.8) is 0 Å². The molecule has 0 radical (unpaired) electrons. The number of carbonyl (C=O) groups is 1. The zero-order valence-electron chi connectivity index (χ0n) is 16.1. The minimum absolute atomic E-state index is 0.0805. The first-order valence-corrected chi connectivity index (χ1v) is 9.39. The fraction of sp³-hybridized carbons (Fsp3) is 0.174. The molecule has 0 bridgehead atoms. The summed E-state index contributed by atoms with van der Waals surface area (Å²) in [7, 11) is 1.00. The van der Waals surface area contributed by atoms with Crippen LogP contribution in [0.15, 0.2) is 66.7 Å². The number of hydrogen-bond donors (Lipinski definition) is 3. The van der Waals surface area contributed by atoms with Crippen molar-refractivity contribution in [2.75, 3.05) is 7.11 Å². The Morgan fingerprint density at radius 3 is 2.41 bits per heavy atom. The minimum Gasteiger partial charge on any atom is -0.489 e. The van der Waals surface area contributed by atoms with Crippen LogP contribution in [0.2, 0.25) is 5.02 Å². The quantitative estimate of drug-likeness (QED) is 0.537. The predicted octanol–water partition coefficient (Wildman–Crippen LogP) is 4.28. The number of halogens is 1. The van der Waals surface area contributed by atoms with E-state index in [1.54, 1.807) is 18.2 Å². The Kier molecular flexibility index (Phi) is 8.68. The van der Waals surface area contributed by atoms with E-state index in [-0.39, 0.29) is 6.42 Å². The highest BCUT2D eigenvalue weighted by atomic mass is 35.5. The average molecular weight is 414 g/mol. The lowest BCUT2D eigenvalue weighted by atomic mass is 10.0. The largest absolute Gasteiger partial charge is 0.489 e. The highest BCUT2D eigenvalue weighted by Gasteiger charge is 2.09. The number of carboxylic acid groups (broad SMARTS) is 1. The summed E-state index contributed by atoms with van der Waals surface area (Å²) in [5.41, 5.74) is 10.3. The number of nitrogens with two attached hydrogens (primary N) is 1. The third-order valence-electron chi connectivity index (χ3n) is 4.16. The highest BCUT2D eigenvalue weighted by Crippen LogP contribution is 2.27. The number of para-hydroxylation sites is 1. The SMILES string of the molecule is CO.NCc1cccc(-c2cc(Cl)cc(COc3ccccc3CC(=O)O)c2)c1. The molecule has 0 aliphatic rings. The standard InChI is InChI=1S/C22H20ClNO3.CH4O/c23-20-10-16(9-19(11-20)17-6-3-4-15(8-17)13-24)14-27-21-7-2-1-5-18(21)12-22(25)26;1-2/h1-11H,12-14,24H2,(H,25,26);2H,1H3. The molecular formula is C23H24ClNO4. The van der Waals surface area contributed by atoms with Gasteiger partial charge >= 0.3 is 5.97 Å². The summed E-state index contributed by atoms with van der Waals surface area (Å²) in [6, 6.07) is 20.9. The van der Waals surface area contributed by atoms with E-state index in [1.165, 1.54) is 0 Å². The molecule has 0 saturated heterocycles. The number of aliphatic hydroxyl groups is 1. The van der Waals surface area contributed by atoms with Crippen LogP contribution in [0.25, 0.3) is 11.1 Å². The Hall–Kier alpha value is -2.86. The molecule has 5 nitrogen and oxygen atoms in total. The van der Waals surface area contributed by atoms with Gasteiger partial charge in [-0.3, -0.25) is 4.79 Å². The zero-order chi connectivity index (χ0) is 21.2. The second kappa shape index (κ2) is 11.2. The number of carboxylic acids is 1. The van der Waals surface area contributed by atoms with E-state index in [0.29, 0.717) is 29.5 Å². The number of hydrogen-bond acceptors (Lipinski definition) is 4. The van der Waals surface area contributed by atoms with Crippen LogP contribution in [0.5, 0.6) is 5.75 Å². The highest BCUT2D eigenvalue weighted by molar-refractivity contribution is 6.31. The zero-order valence-corrected chi connectivity index (χ0v) is 16.9. The molecule has 0 amide bonds. The summed E-state index contributed by atoms with van der Waals surface area (Å²) >= 11 is 6.30. The number of ether oxygens (including phenoxy) is 1. The van der Waals surface area contributed by atoms with Gasteiger partial charge in [-0.25, -0.2) is 0 Å². The minimum atomic E-state index is -0.893. The van der Waals surface area contributed by atoms with E-state index < -0.39 is 5.97 Å². The Bertz CT molecular complexity index is 959. The first-order chi connectivity index (χ1) is 14.0. The summed E-state index contributed by atoms with van der Waals surface area (Å²) < 4.78 is 5.87. The first-order valence-electron chi connectivity index (χ1n) is 9.01. The summed E-state index contributed by atoms with van der Waals surface area (Å²) in [4.78, 5) is 11.0. The molecule has 0 aliphatic heterocycles. The average Bonchev–Trinajstić information content (AvgIpc) is 2.74. The topological polar surface area (TPSA) is 92.8 Å². The van der Waals surface area contributed by atoms with Crippen LogP contribution in [0.3, 0.4) is 0 Å². The number of benzene rings is 3. The lowest BCUT2D eigenvalue weighted by molar-refractivity contribution is -0.136. The molecule has 0 saturated carbocycles. The summed E-state index contributed by atoms with van der Waals surface area (Å²) in [6.07, 6.45) is -0.0805. The van der Waals surface area contributed by atoms with Crippen LogP contribution in [-0.2, 0) is 24.4 Å². The maximum absolute atomic E-state index is 11.0. The smallest absolute Gasteiger partial charge is 0.307 e. The van der Waals surface area contributed by atoms with E-state index in [1.807, 2.05) is 48.5 Å². The number of aliphatic hydroxyl groups excluding tert-OH is 1. The van der Waals surface area contributed by atoms with Gasteiger partial charge in [-0.2, -0.15) is 0 Å². The van der Waals surface area contributed by atoms with Gasteiger partial charge in [0, 0.05) is 24.2 Å². The summed E-state index contributed by atoms with van der Waals surface area (Å²) in [5, 5.41) is 16.7. The van der Waals surface area contributed by atoms with Gasteiger partial charge in [-0.1, -0.05) is 48.0 Å². The first kappa shape index (κ1) is 22.4. The molecule has 0 aliphatic carbocycles. The van der Waals surface area contributed by atoms with Crippen LogP contribution in [-0.4, -0.2) is 23.3 Å². The van der Waals surface area contributed by atoms with Gasteiger partial charge in [-0.05, 0) is 52.6 Å². The van der Waals surface area contributed by atoms with Crippen molar-refractivity contribution in [1.29, 1.82) is 0 Å². The Morgan fingerprint density at radius 1 is 0.966 bits per heavy atom. The lowest BCUT2D eigenvalue weighted by Crippen LogP contribution is -2.04. The normalized spacial score (nSPS) is 10.1. The molecule has 29 heavy (non-hydrogen) atoms. The van der Waals surface area contributed by atoms with Crippen molar-refractivity contribution in [3.05, 3.63) is 88.4 Å². The molecule has 0 fully saturated rings. The van der Waals surface area contributed by atoms with Crippen LogP contribution in [0, 0.1) is 0 Å². The molecule has 3 aromatic carbocycles. The maximum Gasteiger partial charge on any atom is 0.307 e. The van der Waals surface area contributed by atoms with Crippen LogP contribution < -0.4 is 10.5 Å². The van der Waals surface area contributed by atoms with Crippen molar-refractivity contribution in [2.24, 2.45) is 5.73 Å². The van der Waals surface area contributed by atoms with Crippen molar-refractivity contribution in [1.82, 2.24) is 0 Å². The molecule has 6 heteroatoms. The lowest BCUT2D eigenvalue weighted by Gasteiger charge is -2.12. The Balaban J connectivity index is 0.00000145. The monoisotopic (exact) mass is 413 g/mol. The molecule has 3 aromatic rings. The molecular weight excluding hydrogens is 390 g/mol. The molecule has 0 heterocycles. The van der Waals surface area contributed by atoms with Crippen molar-refractivity contribution in [3.8, 4) is 16.9 Å². The fourth-order valence-corrected chi connectivity index (χ4v) is 3.15. The van der Waals surface area contributed by atoms with E-state index in [9.17, 15) is 4.79 Å². The Labute approximate surface area is 175 Å². The predicted molar refractivity (Wildman–Crippen MR) is 115 cm³/mol. The second-order valence-corrected chi connectivity index (χ2v) is 6.66. The van der Waals surface area contributed by atoms with E-state index in [0.717, 1.165) is 29.4 Å². The van der Waals surface area contributed by atoms with Crippen molar-refractivity contribution < 1.29 is 19.7 Å². The van der Waals surface area contributed by atoms with Crippen molar-refractivity contribution >= 4 is 17.6 Å². The van der Waals surface area contributed by atoms with Gasteiger partial charge in [0.2, 0.25) is 0 Å².